The van der Waals surface area contributed by atoms with E-state index in [1.54, 1.807) is 16.7 Å². The van der Waals surface area contributed by atoms with Crippen LogP contribution < -0.4 is 11.2 Å². The molecule has 0 spiro atoms. The normalized spacial score (nSPS) is 11.4. The molecule has 4 aromatic rings. The Kier molecular flexibility index (Phi) is 5.75. The fraction of sp³-hybridized carbons (Fsp3) is 0.364. The van der Waals surface area contributed by atoms with Gasteiger partial charge in [-0.15, -0.1) is 0 Å². The van der Waals surface area contributed by atoms with Gasteiger partial charge in [0.25, 0.3) is 5.56 Å². The predicted octanol–water partition coefficient (Wildman–Crippen LogP) is 3.20. The summed E-state index contributed by atoms with van der Waals surface area (Å²) in [5.41, 5.74) is 0.235. The van der Waals surface area contributed by atoms with Crippen LogP contribution in [0.1, 0.15) is 49.5 Å². The summed E-state index contributed by atoms with van der Waals surface area (Å²) in [6.07, 6.45) is 2.41. The van der Waals surface area contributed by atoms with Gasteiger partial charge in [0.05, 0.1) is 0 Å². The Morgan fingerprint density at radius 1 is 1.13 bits per heavy atom. The molecule has 0 radical (unpaired) electrons. The van der Waals surface area contributed by atoms with Gasteiger partial charge in [0.15, 0.2) is 11.2 Å². The van der Waals surface area contributed by atoms with Crippen LogP contribution in [-0.4, -0.2) is 25.1 Å². The number of benzene rings is 1. The molecule has 0 saturated heterocycles. The topological polar surface area (TPSA) is 112 Å². The van der Waals surface area contributed by atoms with Crippen molar-refractivity contribution in [1.29, 1.82) is 0 Å². The van der Waals surface area contributed by atoms with E-state index in [1.165, 1.54) is 4.57 Å². The smallest absolute Gasteiger partial charge is 0.374 e. The number of imidazole rings is 1. The zero-order valence-corrected chi connectivity index (χ0v) is 17.5. The van der Waals surface area contributed by atoms with Crippen LogP contribution in [0.4, 0.5) is 0 Å². The molecule has 4 rings (SSSR count). The van der Waals surface area contributed by atoms with Crippen molar-refractivity contribution >= 4 is 28.1 Å². The van der Waals surface area contributed by atoms with Gasteiger partial charge in [0, 0.05) is 18.5 Å². The van der Waals surface area contributed by atoms with Crippen molar-refractivity contribution in [3.63, 3.8) is 0 Å². The number of unbranched alkanes of at least 4 members (excludes halogenated alkanes) is 1. The fourth-order valence-corrected chi connectivity index (χ4v) is 3.60. The molecule has 9 nitrogen and oxygen atoms in total. The second-order valence-electron chi connectivity index (χ2n) is 7.34. The second kappa shape index (κ2) is 8.63. The van der Waals surface area contributed by atoms with Gasteiger partial charge in [-0.1, -0.05) is 38.5 Å². The highest BCUT2D eigenvalue weighted by atomic mass is 16.5. The lowest BCUT2D eigenvalue weighted by Gasteiger charge is -2.08. The number of para-hydroxylation sites is 1. The largest absolute Gasteiger partial charge is 0.452 e. The summed E-state index contributed by atoms with van der Waals surface area (Å²) >= 11 is 0. The molecular formula is C22H24N4O5. The van der Waals surface area contributed by atoms with Gasteiger partial charge >= 0.3 is 11.7 Å². The molecule has 31 heavy (non-hydrogen) atoms. The maximum atomic E-state index is 12.5. The molecular weight excluding hydrogens is 400 g/mol. The maximum absolute atomic E-state index is 12.5. The Morgan fingerprint density at radius 3 is 2.68 bits per heavy atom. The van der Waals surface area contributed by atoms with Crippen molar-refractivity contribution in [2.24, 2.45) is 0 Å². The Hall–Kier alpha value is -3.62. The van der Waals surface area contributed by atoms with E-state index in [1.807, 2.05) is 32.0 Å². The number of esters is 1. The molecule has 0 aliphatic carbocycles. The maximum Gasteiger partial charge on any atom is 0.374 e. The second-order valence-corrected chi connectivity index (χ2v) is 7.34. The highest BCUT2D eigenvalue weighted by Crippen LogP contribution is 2.20. The third kappa shape index (κ3) is 3.90. The minimum Gasteiger partial charge on any atom is -0.452 e. The van der Waals surface area contributed by atoms with Gasteiger partial charge in [-0.2, -0.15) is 0 Å². The number of aromatic nitrogens is 4. The lowest BCUT2D eigenvalue weighted by molar-refractivity contribution is 0.0424. The summed E-state index contributed by atoms with van der Waals surface area (Å²) in [5.74, 6) is -0.122. The standard InChI is InChI=1S/C22H24N4O5/c1-3-5-11-26-19-18(20(27)24-22(26)29)25(10-4-2)17(23-19)13-30-21(28)16-12-14-8-6-7-9-15(14)31-16/h6-9,12H,3-5,10-11,13H2,1-2H3,(H,24,27,29). The highest BCUT2D eigenvalue weighted by Gasteiger charge is 2.20. The van der Waals surface area contributed by atoms with Crippen LogP contribution in [0, 0.1) is 0 Å². The molecule has 0 aliphatic rings. The van der Waals surface area contributed by atoms with E-state index in [9.17, 15) is 14.4 Å². The number of H-pyrrole nitrogens is 1. The molecule has 0 fully saturated rings. The van der Waals surface area contributed by atoms with Crippen molar-refractivity contribution in [2.75, 3.05) is 0 Å². The molecule has 9 heteroatoms. The first kappa shape index (κ1) is 20.6. The molecule has 162 valence electrons. The third-order valence-electron chi connectivity index (χ3n) is 5.11. The molecule has 0 unspecified atom stereocenters. The van der Waals surface area contributed by atoms with Gasteiger partial charge in [-0.3, -0.25) is 14.3 Å². The van der Waals surface area contributed by atoms with Gasteiger partial charge < -0.3 is 13.7 Å². The fourth-order valence-electron chi connectivity index (χ4n) is 3.60. The van der Waals surface area contributed by atoms with Crippen LogP contribution in [0.25, 0.3) is 22.1 Å². The van der Waals surface area contributed by atoms with Crippen LogP contribution in [-0.2, 0) is 24.4 Å². The molecule has 0 bridgehead atoms. The summed E-state index contributed by atoms with van der Waals surface area (Å²) in [6.45, 7) is 4.79. The Morgan fingerprint density at radius 2 is 1.94 bits per heavy atom. The quantitative estimate of drug-likeness (QED) is 0.435. The average molecular weight is 424 g/mol. The van der Waals surface area contributed by atoms with Crippen LogP contribution in [0.3, 0.4) is 0 Å². The summed E-state index contributed by atoms with van der Waals surface area (Å²) in [7, 11) is 0. The minimum atomic E-state index is -0.622. The summed E-state index contributed by atoms with van der Waals surface area (Å²) in [6, 6.07) is 8.92. The number of hydrogen-bond acceptors (Lipinski definition) is 6. The number of furan rings is 1. The molecule has 3 aromatic heterocycles. The SMILES string of the molecule is CCCCn1c(=O)[nH]c(=O)c2c1nc(COC(=O)c1cc3ccccc3o1)n2CCC. The highest BCUT2D eigenvalue weighted by molar-refractivity contribution is 5.92. The number of nitrogens with one attached hydrogen (secondary N) is 1. The van der Waals surface area contributed by atoms with Crippen molar-refractivity contribution in [1.82, 2.24) is 19.1 Å². The zero-order valence-electron chi connectivity index (χ0n) is 17.5. The van der Waals surface area contributed by atoms with Crippen molar-refractivity contribution in [3.8, 4) is 0 Å². The van der Waals surface area contributed by atoms with Crippen LogP contribution in [0.2, 0.25) is 0 Å². The number of carbonyl (C=O) groups excluding carboxylic acids is 1. The van der Waals surface area contributed by atoms with E-state index < -0.39 is 17.2 Å². The van der Waals surface area contributed by atoms with E-state index in [2.05, 4.69) is 9.97 Å². The number of nitrogens with zero attached hydrogens (tertiary/aromatic N) is 3. The number of fused-ring (bicyclic) bond motifs is 2. The number of aryl methyl sites for hydroxylation is 2. The van der Waals surface area contributed by atoms with E-state index in [0.717, 1.165) is 24.6 Å². The molecule has 0 saturated carbocycles. The third-order valence-corrected chi connectivity index (χ3v) is 5.11. The molecule has 1 aromatic carbocycles. The van der Waals surface area contributed by atoms with Gasteiger partial charge in [-0.05, 0) is 25.0 Å². The predicted molar refractivity (Wildman–Crippen MR) is 115 cm³/mol. The van der Waals surface area contributed by atoms with Crippen molar-refractivity contribution in [3.05, 3.63) is 62.8 Å². The Balaban J connectivity index is 1.68. The lowest BCUT2D eigenvalue weighted by Crippen LogP contribution is -2.31. The van der Waals surface area contributed by atoms with Crippen LogP contribution >= 0.6 is 0 Å². The van der Waals surface area contributed by atoms with Gasteiger partial charge in [0.1, 0.15) is 18.0 Å². The first-order valence-corrected chi connectivity index (χ1v) is 10.4. The van der Waals surface area contributed by atoms with E-state index in [0.29, 0.717) is 35.7 Å². The molecule has 1 N–H and O–H groups in total. The number of hydrogen-bond donors (Lipinski definition) is 1. The van der Waals surface area contributed by atoms with Crippen molar-refractivity contribution in [2.45, 2.75) is 52.8 Å². The number of aromatic amines is 1. The zero-order chi connectivity index (χ0) is 22.0. The number of carbonyl (C=O) groups is 1. The number of rotatable bonds is 8. The molecule has 3 heterocycles. The van der Waals surface area contributed by atoms with Gasteiger partial charge in [0.2, 0.25) is 5.76 Å². The monoisotopic (exact) mass is 424 g/mol. The van der Waals surface area contributed by atoms with Gasteiger partial charge in [-0.25, -0.2) is 14.6 Å². The molecule has 0 aliphatic heterocycles. The van der Waals surface area contributed by atoms with Crippen molar-refractivity contribution < 1.29 is 13.9 Å². The van der Waals surface area contributed by atoms with E-state index in [4.69, 9.17) is 9.15 Å². The Labute approximate surface area is 177 Å². The minimum absolute atomic E-state index is 0.0945. The molecule has 0 atom stereocenters. The number of ether oxygens (including phenoxy) is 1. The van der Waals surface area contributed by atoms with Crippen LogP contribution in [0.5, 0.6) is 0 Å². The van der Waals surface area contributed by atoms with E-state index >= 15 is 0 Å². The molecule has 0 amide bonds. The van der Waals surface area contributed by atoms with Crippen LogP contribution in [0.15, 0.2) is 44.3 Å². The summed E-state index contributed by atoms with van der Waals surface area (Å²) in [5, 5.41) is 0.805. The average Bonchev–Trinajstić information content (AvgIpc) is 3.34. The van der Waals surface area contributed by atoms with E-state index in [-0.39, 0.29) is 12.4 Å². The first-order valence-electron chi connectivity index (χ1n) is 10.4. The lowest BCUT2D eigenvalue weighted by atomic mass is 10.2. The Bertz CT molecular complexity index is 1320. The summed E-state index contributed by atoms with van der Waals surface area (Å²) in [4.78, 5) is 44.3. The first-order chi connectivity index (χ1) is 15.0. The summed E-state index contributed by atoms with van der Waals surface area (Å²) < 4.78 is 14.2.